The van der Waals surface area contributed by atoms with Crippen LogP contribution in [0.15, 0.2) is 30.4 Å². The number of esters is 1. The van der Waals surface area contributed by atoms with Gasteiger partial charge in [0, 0.05) is 6.07 Å². The highest BCUT2D eigenvalue weighted by atomic mass is 19.1. The zero-order valence-corrected chi connectivity index (χ0v) is 10.9. The molecule has 0 radical (unpaired) electrons. The maximum atomic E-state index is 13.3. The maximum Gasteiger partial charge on any atom is 0.412 e. The van der Waals surface area contributed by atoms with Crippen LogP contribution in [0.2, 0.25) is 0 Å². The average Bonchev–Trinajstić information content (AvgIpc) is 2.38. The van der Waals surface area contributed by atoms with Crippen molar-refractivity contribution in [1.29, 1.82) is 0 Å². The number of anilines is 1. The second-order valence-corrected chi connectivity index (χ2v) is 3.90. The van der Waals surface area contributed by atoms with Crippen LogP contribution in [0, 0.1) is 11.6 Å². The van der Waals surface area contributed by atoms with Gasteiger partial charge in [0.25, 0.3) is 0 Å². The predicted molar refractivity (Wildman–Crippen MR) is 67.1 cm³/mol. The Morgan fingerprint density at radius 3 is 2.50 bits per heavy atom. The van der Waals surface area contributed by atoms with Gasteiger partial charge in [-0.2, -0.15) is 0 Å². The number of halogens is 2. The van der Waals surface area contributed by atoms with Crippen molar-refractivity contribution in [3.63, 3.8) is 0 Å². The molecule has 1 N–H and O–H groups in total. The van der Waals surface area contributed by atoms with Gasteiger partial charge < -0.3 is 9.47 Å². The van der Waals surface area contributed by atoms with Crippen molar-refractivity contribution in [3.8, 4) is 0 Å². The van der Waals surface area contributed by atoms with Crippen LogP contribution in [0.1, 0.15) is 6.92 Å². The molecule has 1 unspecified atom stereocenters. The summed E-state index contributed by atoms with van der Waals surface area (Å²) in [6.07, 6.45) is -2.39. The van der Waals surface area contributed by atoms with Gasteiger partial charge in [0.2, 0.25) is 6.10 Å². The first-order valence-electron chi connectivity index (χ1n) is 5.51. The van der Waals surface area contributed by atoms with Gasteiger partial charge in [0.05, 0.1) is 12.8 Å². The van der Waals surface area contributed by atoms with Crippen LogP contribution in [-0.2, 0) is 14.3 Å². The molecule has 0 fully saturated rings. The van der Waals surface area contributed by atoms with E-state index in [4.69, 9.17) is 4.74 Å². The first-order valence-corrected chi connectivity index (χ1v) is 5.51. The summed E-state index contributed by atoms with van der Waals surface area (Å²) in [5.41, 5.74) is -0.0340. The number of benzene rings is 1. The first kappa shape index (κ1) is 15.6. The molecular weight excluding hydrogens is 272 g/mol. The van der Waals surface area contributed by atoms with E-state index in [1.165, 1.54) is 6.92 Å². The van der Waals surface area contributed by atoms with Gasteiger partial charge in [-0.15, -0.1) is 0 Å². The molecular formula is C13H13F2NO4. The van der Waals surface area contributed by atoms with E-state index in [9.17, 15) is 18.4 Å². The lowest BCUT2D eigenvalue weighted by Gasteiger charge is -2.16. The van der Waals surface area contributed by atoms with Crippen LogP contribution in [0.25, 0.3) is 0 Å². The summed E-state index contributed by atoms with van der Waals surface area (Å²) < 4.78 is 35.2. The number of amides is 1. The Morgan fingerprint density at radius 2 is 2.00 bits per heavy atom. The molecule has 1 atom stereocenters. The van der Waals surface area contributed by atoms with Crippen LogP contribution < -0.4 is 5.32 Å². The third kappa shape index (κ3) is 4.04. The minimum Gasteiger partial charge on any atom is -0.466 e. The van der Waals surface area contributed by atoms with Crippen LogP contribution in [0.5, 0.6) is 0 Å². The summed E-state index contributed by atoms with van der Waals surface area (Å²) in [5, 5.41) is 2.05. The summed E-state index contributed by atoms with van der Waals surface area (Å²) in [7, 11) is 1.12. The molecule has 0 aliphatic carbocycles. The predicted octanol–water partition coefficient (Wildman–Crippen LogP) is 2.63. The molecule has 7 heteroatoms. The topological polar surface area (TPSA) is 64.6 Å². The van der Waals surface area contributed by atoms with Crippen LogP contribution >= 0.6 is 0 Å². The molecule has 20 heavy (non-hydrogen) atoms. The first-order chi connectivity index (χ1) is 9.35. The molecule has 1 aromatic rings. The normalized spacial score (nSPS) is 11.4. The molecule has 0 saturated heterocycles. The highest BCUT2D eigenvalue weighted by Gasteiger charge is 2.25. The number of carbonyl (C=O) groups excluding carboxylic acids is 2. The lowest BCUT2D eigenvalue weighted by atomic mass is 10.2. The van der Waals surface area contributed by atoms with E-state index in [0.29, 0.717) is 6.07 Å². The summed E-state index contributed by atoms with van der Waals surface area (Å²) in [6.45, 7) is 4.95. The summed E-state index contributed by atoms with van der Waals surface area (Å²) in [4.78, 5) is 22.9. The SMILES string of the molecule is C=C(C)C(OC(=O)Nc1ccc(F)cc1F)C(=O)OC. The fourth-order valence-corrected chi connectivity index (χ4v) is 1.29. The lowest BCUT2D eigenvalue weighted by molar-refractivity contribution is -0.148. The van der Waals surface area contributed by atoms with Crippen molar-refractivity contribution in [1.82, 2.24) is 0 Å². The van der Waals surface area contributed by atoms with E-state index in [2.05, 4.69) is 16.6 Å². The van der Waals surface area contributed by atoms with Crippen molar-refractivity contribution in [2.45, 2.75) is 13.0 Å². The Balaban J connectivity index is 2.75. The summed E-state index contributed by atoms with van der Waals surface area (Å²) in [5.74, 6) is -2.56. The van der Waals surface area contributed by atoms with Crippen LogP contribution in [0.3, 0.4) is 0 Å². The number of hydrogen-bond acceptors (Lipinski definition) is 4. The van der Waals surface area contributed by atoms with Gasteiger partial charge in [-0.25, -0.2) is 18.4 Å². The molecule has 1 rings (SSSR count). The fourth-order valence-electron chi connectivity index (χ4n) is 1.29. The van der Waals surface area contributed by atoms with Gasteiger partial charge in [-0.05, 0) is 24.6 Å². The zero-order valence-electron chi connectivity index (χ0n) is 10.9. The van der Waals surface area contributed by atoms with Crippen molar-refractivity contribution >= 4 is 17.7 Å². The zero-order chi connectivity index (χ0) is 15.3. The molecule has 0 bridgehead atoms. The van der Waals surface area contributed by atoms with Crippen molar-refractivity contribution in [2.75, 3.05) is 12.4 Å². The third-order valence-electron chi connectivity index (χ3n) is 2.26. The minimum absolute atomic E-state index is 0.242. The summed E-state index contributed by atoms with van der Waals surface area (Å²) >= 11 is 0. The molecule has 0 aromatic heterocycles. The highest BCUT2D eigenvalue weighted by molar-refractivity contribution is 5.88. The number of carbonyl (C=O) groups is 2. The number of ether oxygens (including phenoxy) is 2. The Morgan fingerprint density at radius 1 is 1.35 bits per heavy atom. The standard InChI is InChI=1S/C13H13F2NO4/c1-7(2)11(12(17)19-3)20-13(18)16-10-5-4-8(14)6-9(10)15/h4-6,11H,1H2,2-3H3,(H,16,18). The van der Waals surface area contributed by atoms with Crippen molar-refractivity contribution in [3.05, 3.63) is 42.0 Å². The van der Waals surface area contributed by atoms with E-state index in [-0.39, 0.29) is 11.3 Å². The van der Waals surface area contributed by atoms with E-state index < -0.39 is 29.8 Å². The molecule has 108 valence electrons. The Labute approximate surface area is 114 Å². The van der Waals surface area contributed by atoms with Gasteiger partial charge >= 0.3 is 12.1 Å². The number of nitrogens with one attached hydrogen (secondary N) is 1. The third-order valence-corrected chi connectivity index (χ3v) is 2.26. The average molecular weight is 285 g/mol. The van der Waals surface area contributed by atoms with Gasteiger partial charge in [-0.1, -0.05) is 6.58 Å². The van der Waals surface area contributed by atoms with Crippen molar-refractivity contribution in [2.24, 2.45) is 0 Å². The molecule has 0 aliphatic rings. The summed E-state index contributed by atoms with van der Waals surface area (Å²) in [6, 6.07) is 2.60. The fraction of sp³-hybridized carbons (Fsp3) is 0.231. The van der Waals surface area contributed by atoms with E-state index in [0.717, 1.165) is 19.2 Å². The van der Waals surface area contributed by atoms with Crippen LogP contribution in [0.4, 0.5) is 19.3 Å². The van der Waals surface area contributed by atoms with Gasteiger partial charge in [-0.3, -0.25) is 5.32 Å². The van der Waals surface area contributed by atoms with Gasteiger partial charge in [0.15, 0.2) is 0 Å². The van der Waals surface area contributed by atoms with E-state index in [1.807, 2.05) is 0 Å². The minimum atomic E-state index is -1.30. The second kappa shape index (κ2) is 6.65. The molecule has 0 aliphatic heterocycles. The molecule has 0 spiro atoms. The highest BCUT2D eigenvalue weighted by Crippen LogP contribution is 2.16. The van der Waals surface area contributed by atoms with Crippen LogP contribution in [-0.4, -0.2) is 25.3 Å². The quantitative estimate of drug-likeness (QED) is 0.682. The monoisotopic (exact) mass is 285 g/mol. The number of rotatable bonds is 4. The molecule has 5 nitrogen and oxygen atoms in total. The Hall–Kier alpha value is -2.44. The molecule has 0 heterocycles. The molecule has 0 saturated carbocycles. The Bertz CT molecular complexity index is 545. The maximum absolute atomic E-state index is 13.3. The smallest absolute Gasteiger partial charge is 0.412 e. The number of methoxy groups -OCH3 is 1. The molecule has 1 aromatic carbocycles. The second-order valence-electron chi connectivity index (χ2n) is 3.90. The lowest BCUT2D eigenvalue weighted by Crippen LogP contribution is -2.31. The van der Waals surface area contributed by atoms with E-state index >= 15 is 0 Å². The van der Waals surface area contributed by atoms with Crippen molar-refractivity contribution < 1.29 is 27.8 Å². The molecule has 1 amide bonds. The largest absolute Gasteiger partial charge is 0.466 e. The van der Waals surface area contributed by atoms with E-state index in [1.54, 1.807) is 0 Å². The Kier molecular flexibility index (Phi) is 5.19. The number of hydrogen-bond donors (Lipinski definition) is 1. The van der Waals surface area contributed by atoms with Gasteiger partial charge in [0.1, 0.15) is 11.6 Å².